The molecule has 4 rings (SSSR count). The number of carbonyl (C=O) groups excluding carboxylic acids is 3. The van der Waals surface area contributed by atoms with Crippen molar-refractivity contribution in [3.05, 3.63) is 65.9 Å². The number of sulfonamides is 1. The van der Waals surface area contributed by atoms with Crippen LogP contribution < -0.4 is 0 Å². The molecule has 1 aliphatic rings. The molecule has 1 aromatic heterocycles. The minimum Gasteiger partial charge on any atom is -0.465 e. The standard InChI is InChI=1S/C19H14N2O6S/c1-27-19(24)14-10-20(15-8-4-2-6-12(14)15)17(22)11-21-18(23)13-7-3-5-9-16(13)28(21,25)26/h2-10H,11H2,1H3. The number of ether oxygens (including phenoxy) is 1. The number of nitrogens with zero attached hydrogens (tertiary/aromatic N) is 2. The van der Waals surface area contributed by atoms with E-state index in [1.54, 1.807) is 30.3 Å². The lowest BCUT2D eigenvalue weighted by atomic mass is 10.2. The molecule has 1 aliphatic heterocycles. The SMILES string of the molecule is COC(=O)c1cn(C(=O)CN2C(=O)c3ccccc3S2(=O)=O)c2ccccc12. The maximum absolute atomic E-state index is 12.9. The lowest BCUT2D eigenvalue weighted by molar-refractivity contribution is 0.0602. The summed E-state index contributed by atoms with van der Waals surface area (Å²) < 4.78 is 31.8. The smallest absolute Gasteiger partial charge is 0.340 e. The van der Waals surface area contributed by atoms with Crippen LogP contribution in [0.1, 0.15) is 25.5 Å². The normalized spacial score (nSPS) is 14.9. The summed E-state index contributed by atoms with van der Waals surface area (Å²) in [7, 11) is -2.88. The zero-order valence-corrected chi connectivity index (χ0v) is 15.5. The summed E-state index contributed by atoms with van der Waals surface area (Å²) in [6.07, 6.45) is 1.29. The fourth-order valence-corrected chi connectivity index (χ4v) is 4.76. The second-order valence-electron chi connectivity index (χ2n) is 6.13. The molecule has 0 saturated heterocycles. The zero-order valence-electron chi connectivity index (χ0n) is 14.7. The zero-order chi connectivity index (χ0) is 20.1. The van der Waals surface area contributed by atoms with Gasteiger partial charge in [0.05, 0.1) is 23.8 Å². The number of hydrogen-bond acceptors (Lipinski definition) is 6. The number of methoxy groups -OCH3 is 1. The van der Waals surface area contributed by atoms with Crippen molar-refractivity contribution in [1.82, 2.24) is 8.87 Å². The van der Waals surface area contributed by atoms with E-state index < -0.39 is 34.4 Å². The van der Waals surface area contributed by atoms with Gasteiger partial charge < -0.3 is 4.74 Å². The van der Waals surface area contributed by atoms with Crippen LogP contribution in [0.3, 0.4) is 0 Å². The Kier molecular flexibility index (Phi) is 4.04. The van der Waals surface area contributed by atoms with Crippen molar-refractivity contribution in [1.29, 1.82) is 0 Å². The predicted molar refractivity (Wildman–Crippen MR) is 98.6 cm³/mol. The topological polar surface area (TPSA) is 103 Å². The molecule has 2 aromatic carbocycles. The van der Waals surface area contributed by atoms with Crippen molar-refractivity contribution < 1.29 is 27.5 Å². The first-order chi connectivity index (χ1) is 13.4. The third-order valence-corrected chi connectivity index (χ3v) is 6.36. The van der Waals surface area contributed by atoms with Crippen molar-refractivity contribution in [3.63, 3.8) is 0 Å². The highest BCUT2D eigenvalue weighted by atomic mass is 32.2. The monoisotopic (exact) mass is 398 g/mol. The molecule has 1 amide bonds. The number of aromatic nitrogens is 1. The van der Waals surface area contributed by atoms with Crippen LogP contribution in [0.25, 0.3) is 10.9 Å². The van der Waals surface area contributed by atoms with Gasteiger partial charge in [0.1, 0.15) is 11.4 Å². The number of fused-ring (bicyclic) bond motifs is 2. The Morgan fingerprint density at radius 3 is 2.43 bits per heavy atom. The van der Waals surface area contributed by atoms with Gasteiger partial charge in [0.2, 0.25) is 0 Å². The van der Waals surface area contributed by atoms with Crippen molar-refractivity contribution in [2.75, 3.05) is 13.7 Å². The summed E-state index contributed by atoms with van der Waals surface area (Å²) in [6, 6.07) is 12.5. The van der Waals surface area contributed by atoms with Gasteiger partial charge in [0.25, 0.3) is 21.8 Å². The summed E-state index contributed by atoms with van der Waals surface area (Å²) in [5, 5.41) is 0.488. The minimum absolute atomic E-state index is 0.0305. The molecule has 0 fully saturated rings. The maximum Gasteiger partial charge on any atom is 0.340 e. The Labute approximate surface area is 160 Å². The lowest BCUT2D eigenvalue weighted by Gasteiger charge is -2.14. The second kappa shape index (κ2) is 6.31. The number of esters is 1. The van der Waals surface area contributed by atoms with E-state index in [2.05, 4.69) is 0 Å². The van der Waals surface area contributed by atoms with Gasteiger partial charge >= 0.3 is 5.97 Å². The Hall–Kier alpha value is -3.46. The molecular weight excluding hydrogens is 384 g/mol. The van der Waals surface area contributed by atoms with Crippen molar-refractivity contribution in [2.45, 2.75) is 4.90 Å². The van der Waals surface area contributed by atoms with E-state index in [-0.39, 0.29) is 16.0 Å². The van der Waals surface area contributed by atoms with Crippen LogP contribution in [0.5, 0.6) is 0 Å². The molecule has 8 nitrogen and oxygen atoms in total. The Morgan fingerprint density at radius 2 is 1.71 bits per heavy atom. The average molecular weight is 398 g/mol. The fraction of sp³-hybridized carbons (Fsp3) is 0.105. The number of benzene rings is 2. The number of amides is 1. The largest absolute Gasteiger partial charge is 0.465 e. The Balaban J connectivity index is 1.75. The van der Waals surface area contributed by atoms with Crippen LogP contribution in [-0.4, -0.2) is 48.7 Å². The molecule has 0 aliphatic carbocycles. The molecule has 142 valence electrons. The Bertz CT molecular complexity index is 1260. The fourth-order valence-electron chi connectivity index (χ4n) is 3.24. The molecule has 9 heteroatoms. The summed E-state index contributed by atoms with van der Waals surface area (Å²) in [5.41, 5.74) is 0.614. The van der Waals surface area contributed by atoms with Crippen LogP contribution >= 0.6 is 0 Å². The van der Waals surface area contributed by atoms with Crippen LogP contribution in [0, 0.1) is 0 Å². The van der Waals surface area contributed by atoms with E-state index in [4.69, 9.17) is 4.74 Å². The highest BCUT2D eigenvalue weighted by Crippen LogP contribution is 2.30. The van der Waals surface area contributed by atoms with Crippen LogP contribution in [0.4, 0.5) is 0 Å². The maximum atomic E-state index is 12.9. The van der Waals surface area contributed by atoms with E-state index in [1.807, 2.05) is 0 Å². The van der Waals surface area contributed by atoms with E-state index in [0.717, 1.165) is 4.57 Å². The molecule has 0 saturated carbocycles. The molecule has 0 spiro atoms. The van der Waals surface area contributed by atoms with Crippen molar-refractivity contribution in [2.24, 2.45) is 0 Å². The van der Waals surface area contributed by atoms with Crippen LogP contribution in [0.2, 0.25) is 0 Å². The molecule has 0 atom stereocenters. The van der Waals surface area contributed by atoms with E-state index in [0.29, 0.717) is 15.2 Å². The molecule has 0 unspecified atom stereocenters. The molecule has 0 bridgehead atoms. The number of carbonyl (C=O) groups is 3. The van der Waals surface area contributed by atoms with Gasteiger partial charge in [-0.2, -0.15) is 0 Å². The van der Waals surface area contributed by atoms with Crippen molar-refractivity contribution >= 4 is 38.7 Å². The first-order valence-corrected chi connectivity index (χ1v) is 9.68. The minimum atomic E-state index is -4.11. The first kappa shape index (κ1) is 17.9. The average Bonchev–Trinajstić information content (AvgIpc) is 3.18. The van der Waals surface area contributed by atoms with Gasteiger partial charge in [0.15, 0.2) is 0 Å². The Morgan fingerprint density at radius 1 is 1.04 bits per heavy atom. The summed E-state index contributed by atoms with van der Waals surface area (Å²) >= 11 is 0. The quantitative estimate of drug-likeness (QED) is 0.625. The van der Waals surface area contributed by atoms with Gasteiger partial charge in [-0.15, -0.1) is 0 Å². The highest BCUT2D eigenvalue weighted by molar-refractivity contribution is 7.90. The summed E-state index contributed by atoms with van der Waals surface area (Å²) in [5.74, 6) is -2.05. The van der Waals surface area contributed by atoms with Gasteiger partial charge in [0, 0.05) is 11.6 Å². The van der Waals surface area contributed by atoms with E-state index >= 15 is 0 Å². The highest BCUT2D eigenvalue weighted by Gasteiger charge is 2.42. The molecular formula is C19H14N2O6S. The molecule has 0 N–H and O–H groups in total. The number of para-hydroxylation sites is 1. The third kappa shape index (κ3) is 2.51. The summed E-state index contributed by atoms with van der Waals surface area (Å²) in [4.78, 5) is 37.3. The molecule has 28 heavy (non-hydrogen) atoms. The van der Waals surface area contributed by atoms with Crippen LogP contribution in [-0.2, 0) is 14.8 Å². The van der Waals surface area contributed by atoms with Gasteiger partial charge in [-0.05, 0) is 18.2 Å². The number of rotatable bonds is 3. The van der Waals surface area contributed by atoms with Gasteiger partial charge in [-0.3, -0.25) is 14.2 Å². The summed E-state index contributed by atoms with van der Waals surface area (Å²) in [6.45, 7) is -0.685. The second-order valence-corrected chi connectivity index (χ2v) is 7.96. The van der Waals surface area contributed by atoms with Gasteiger partial charge in [-0.25, -0.2) is 17.5 Å². The van der Waals surface area contributed by atoms with Crippen LogP contribution in [0.15, 0.2) is 59.6 Å². The van der Waals surface area contributed by atoms with Crippen molar-refractivity contribution in [3.8, 4) is 0 Å². The molecule has 3 aromatic rings. The molecule has 0 radical (unpaired) electrons. The first-order valence-electron chi connectivity index (χ1n) is 8.24. The van der Waals surface area contributed by atoms with E-state index in [9.17, 15) is 22.8 Å². The predicted octanol–water partition coefficient (Wildman–Crippen LogP) is 1.91. The van der Waals surface area contributed by atoms with Gasteiger partial charge in [-0.1, -0.05) is 30.3 Å². The molecule has 2 heterocycles. The third-order valence-electron chi connectivity index (χ3n) is 4.58. The van der Waals surface area contributed by atoms with E-state index in [1.165, 1.54) is 31.5 Å². The number of hydrogen-bond donors (Lipinski definition) is 0. The lowest BCUT2D eigenvalue weighted by Crippen LogP contribution is -2.36.